The minimum Gasteiger partial charge on any atom is -0.376 e. The minimum atomic E-state index is -0.249. The van der Waals surface area contributed by atoms with E-state index in [-0.39, 0.29) is 42.6 Å². The van der Waals surface area contributed by atoms with Crippen molar-refractivity contribution < 1.29 is 14.4 Å². The molecule has 1 aliphatic rings. The highest BCUT2D eigenvalue weighted by Gasteiger charge is 2.29. The molecule has 1 heterocycles. The molecule has 3 rings (SSSR count). The number of carbonyl (C=O) groups is 3. The van der Waals surface area contributed by atoms with Crippen LogP contribution in [0.2, 0.25) is 0 Å². The van der Waals surface area contributed by atoms with E-state index in [0.717, 1.165) is 5.69 Å². The van der Waals surface area contributed by atoms with E-state index < -0.39 is 0 Å². The maximum atomic E-state index is 13.0. The molecule has 0 aromatic heterocycles. The SMILES string of the molecule is CC(C)C(=O)Nc1ccc(NCC(=O)N2c3ccccc3NC(=O)CC2C)cc1. The molecular weight excluding hydrogens is 368 g/mol. The number of rotatable bonds is 5. The van der Waals surface area contributed by atoms with Crippen molar-refractivity contribution in [3.8, 4) is 0 Å². The van der Waals surface area contributed by atoms with Gasteiger partial charge < -0.3 is 20.9 Å². The van der Waals surface area contributed by atoms with Crippen molar-refractivity contribution in [3.63, 3.8) is 0 Å². The van der Waals surface area contributed by atoms with Gasteiger partial charge in [-0.05, 0) is 43.3 Å². The van der Waals surface area contributed by atoms with Gasteiger partial charge in [-0.2, -0.15) is 0 Å². The van der Waals surface area contributed by atoms with Crippen molar-refractivity contribution in [1.29, 1.82) is 0 Å². The Kier molecular flexibility index (Phi) is 6.16. The number of amides is 3. The Balaban J connectivity index is 1.67. The van der Waals surface area contributed by atoms with Crippen molar-refractivity contribution in [1.82, 2.24) is 0 Å². The van der Waals surface area contributed by atoms with Crippen LogP contribution in [0.1, 0.15) is 27.2 Å². The van der Waals surface area contributed by atoms with Crippen molar-refractivity contribution in [2.45, 2.75) is 33.2 Å². The third-order valence-electron chi connectivity index (χ3n) is 4.75. The van der Waals surface area contributed by atoms with Crippen LogP contribution >= 0.6 is 0 Å². The Morgan fingerprint density at radius 1 is 1.10 bits per heavy atom. The summed E-state index contributed by atoms with van der Waals surface area (Å²) in [7, 11) is 0. The fourth-order valence-corrected chi connectivity index (χ4v) is 3.19. The molecule has 7 heteroatoms. The van der Waals surface area contributed by atoms with E-state index in [1.54, 1.807) is 23.1 Å². The van der Waals surface area contributed by atoms with Crippen LogP contribution < -0.4 is 20.9 Å². The topological polar surface area (TPSA) is 90.5 Å². The zero-order valence-corrected chi connectivity index (χ0v) is 16.9. The Morgan fingerprint density at radius 3 is 2.45 bits per heavy atom. The second kappa shape index (κ2) is 8.77. The second-order valence-electron chi connectivity index (χ2n) is 7.46. The van der Waals surface area contributed by atoms with Crippen LogP contribution in [0.5, 0.6) is 0 Å². The number of anilines is 4. The number of carbonyl (C=O) groups excluding carboxylic acids is 3. The van der Waals surface area contributed by atoms with E-state index in [9.17, 15) is 14.4 Å². The van der Waals surface area contributed by atoms with Crippen LogP contribution in [0.3, 0.4) is 0 Å². The monoisotopic (exact) mass is 394 g/mol. The van der Waals surface area contributed by atoms with E-state index in [1.165, 1.54) is 0 Å². The molecule has 3 amide bonds. The van der Waals surface area contributed by atoms with Gasteiger partial charge in [0.15, 0.2) is 0 Å². The third-order valence-corrected chi connectivity index (χ3v) is 4.75. The molecule has 0 fully saturated rings. The zero-order valence-electron chi connectivity index (χ0n) is 16.9. The summed E-state index contributed by atoms with van der Waals surface area (Å²) in [6.45, 7) is 5.63. The van der Waals surface area contributed by atoms with Crippen LogP contribution in [0.15, 0.2) is 48.5 Å². The highest BCUT2D eigenvalue weighted by molar-refractivity contribution is 6.05. The number of nitrogens with zero attached hydrogens (tertiary/aromatic N) is 1. The van der Waals surface area contributed by atoms with E-state index in [2.05, 4.69) is 16.0 Å². The Bertz CT molecular complexity index is 909. The third kappa shape index (κ3) is 4.93. The molecule has 0 saturated carbocycles. The summed E-state index contributed by atoms with van der Waals surface area (Å²) >= 11 is 0. The number of hydrogen-bond acceptors (Lipinski definition) is 4. The van der Waals surface area contributed by atoms with Crippen molar-refractivity contribution >= 4 is 40.5 Å². The molecule has 1 aliphatic heterocycles. The maximum absolute atomic E-state index is 13.0. The molecule has 0 spiro atoms. The van der Waals surface area contributed by atoms with Crippen molar-refractivity contribution in [2.24, 2.45) is 5.92 Å². The van der Waals surface area contributed by atoms with E-state index in [4.69, 9.17) is 0 Å². The van der Waals surface area contributed by atoms with E-state index in [0.29, 0.717) is 17.1 Å². The lowest BCUT2D eigenvalue weighted by Crippen LogP contribution is -2.42. The van der Waals surface area contributed by atoms with Gasteiger partial charge in [0.2, 0.25) is 17.7 Å². The number of fused-ring (bicyclic) bond motifs is 1. The molecule has 0 radical (unpaired) electrons. The largest absolute Gasteiger partial charge is 0.376 e. The van der Waals surface area contributed by atoms with Gasteiger partial charge in [0, 0.05) is 29.8 Å². The molecule has 1 atom stereocenters. The minimum absolute atomic E-state index is 0.0436. The first kappa shape index (κ1) is 20.4. The molecule has 3 N–H and O–H groups in total. The summed E-state index contributed by atoms with van der Waals surface area (Å²) in [4.78, 5) is 38.4. The number of hydrogen-bond donors (Lipinski definition) is 3. The van der Waals surface area contributed by atoms with Gasteiger partial charge in [-0.15, -0.1) is 0 Å². The van der Waals surface area contributed by atoms with Crippen molar-refractivity contribution in [2.75, 3.05) is 27.4 Å². The highest BCUT2D eigenvalue weighted by atomic mass is 16.2. The number of nitrogens with one attached hydrogen (secondary N) is 3. The van der Waals surface area contributed by atoms with Crippen LogP contribution in [0.4, 0.5) is 22.7 Å². The zero-order chi connectivity index (χ0) is 21.0. The van der Waals surface area contributed by atoms with Crippen LogP contribution in [0, 0.1) is 5.92 Å². The molecule has 1 unspecified atom stereocenters. The van der Waals surface area contributed by atoms with Gasteiger partial charge in [-0.1, -0.05) is 26.0 Å². The van der Waals surface area contributed by atoms with Gasteiger partial charge in [-0.25, -0.2) is 0 Å². The summed E-state index contributed by atoms with van der Waals surface area (Å²) < 4.78 is 0. The average molecular weight is 394 g/mol. The van der Waals surface area contributed by atoms with Crippen LogP contribution in [0.25, 0.3) is 0 Å². The molecule has 0 bridgehead atoms. The van der Waals surface area contributed by atoms with Gasteiger partial charge in [-0.3, -0.25) is 14.4 Å². The Hall–Kier alpha value is -3.35. The smallest absolute Gasteiger partial charge is 0.246 e. The number of benzene rings is 2. The summed E-state index contributed by atoms with van der Waals surface area (Å²) in [5.41, 5.74) is 2.82. The molecule has 29 heavy (non-hydrogen) atoms. The van der Waals surface area contributed by atoms with Gasteiger partial charge in [0.05, 0.1) is 17.9 Å². The summed E-state index contributed by atoms with van der Waals surface area (Å²) in [6.07, 6.45) is 0.241. The second-order valence-corrected chi connectivity index (χ2v) is 7.46. The molecular formula is C22H26N4O3. The summed E-state index contributed by atoms with van der Waals surface area (Å²) in [6, 6.07) is 14.3. The average Bonchev–Trinajstić information content (AvgIpc) is 2.81. The lowest BCUT2D eigenvalue weighted by atomic mass is 10.1. The fraction of sp³-hybridized carbons (Fsp3) is 0.318. The lowest BCUT2D eigenvalue weighted by Gasteiger charge is -2.28. The highest BCUT2D eigenvalue weighted by Crippen LogP contribution is 2.31. The Morgan fingerprint density at radius 2 is 1.76 bits per heavy atom. The summed E-state index contributed by atoms with van der Waals surface area (Å²) in [5.74, 6) is -0.367. The van der Waals surface area contributed by atoms with Gasteiger partial charge in [0.25, 0.3) is 0 Å². The van der Waals surface area contributed by atoms with Gasteiger partial charge >= 0.3 is 0 Å². The van der Waals surface area contributed by atoms with Crippen molar-refractivity contribution in [3.05, 3.63) is 48.5 Å². The molecule has 0 saturated heterocycles. The quantitative estimate of drug-likeness (QED) is 0.724. The predicted octanol–water partition coefficient (Wildman–Crippen LogP) is 3.46. The first-order valence-corrected chi connectivity index (χ1v) is 9.71. The summed E-state index contributed by atoms with van der Waals surface area (Å²) in [5, 5.41) is 8.80. The first-order valence-electron chi connectivity index (χ1n) is 9.71. The molecule has 0 aliphatic carbocycles. The van der Waals surface area contributed by atoms with Crippen LogP contribution in [-0.2, 0) is 14.4 Å². The van der Waals surface area contributed by atoms with Crippen LogP contribution in [-0.4, -0.2) is 30.3 Å². The normalized spacial score (nSPS) is 15.9. The Labute approximate surface area is 170 Å². The standard InChI is InChI=1S/C22H26N4O3/c1-14(2)22(29)24-17-10-8-16(9-11-17)23-13-21(28)26-15(3)12-20(27)25-18-6-4-5-7-19(18)26/h4-11,14-15,23H,12-13H2,1-3H3,(H,24,29)(H,25,27). The molecule has 152 valence electrons. The molecule has 2 aromatic carbocycles. The van der Waals surface area contributed by atoms with E-state index in [1.807, 2.05) is 51.1 Å². The predicted molar refractivity (Wildman–Crippen MR) is 115 cm³/mol. The lowest BCUT2D eigenvalue weighted by molar-refractivity contribution is -0.119. The fourth-order valence-electron chi connectivity index (χ4n) is 3.19. The first-order chi connectivity index (χ1) is 13.8. The molecule has 2 aromatic rings. The molecule has 7 nitrogen and oxygen atoms in total. The maximum Gasteiger partial charge on any atom is 0.246 e. The number of para-hydroxylation sites is 2. The van der Waals surface area contributed by atoms with E-state index >= 15 is 0 Å². The van der Waals surface area contributed by atoms with Gasteiger partial charge in [0.1, 0.15) is 0 Å².